The lowest BCUT2D eigenvalue weighted by Gasteiger charge is -2.22. The van der Waals surface area contributed by atoms with E-state index in [9.17, 15) is 0 Å². The quantitative estimate of drug-likeness (QED) is 0.609. The van der Waals surface area contributed by atoms with Crippen molar-refractivity contribution in [2.24, 2.45) is 0 Å². The fraction of sp³-hybridized carbons (Fsp3) is 0.500. The molecule has 2 rings (SSSR count). The van der Waals surface area contributed by atoms with Gasteiger partial charge in [-0.2, -0.15) is 0 Å². The molecule has 2 nitrogen and oxygen atoms in total. The number of nitrogen functional groups attached to an aromatic ring is 1. The number of nitrogens with two attached hydrogens (primary N) is 1. The molecule has 0 saturated carbocycles. The van der Waals surface area contributed by atoms with Gasteiger partial charge in [0.05, 0.1) is 0 Å². The molecular formula is C12H18N2S. The molecule has 1 saturated heterocycles. The van der Waals surface area contributed by atoms with Gasteiger partial charge in [0.25, 0.3) is 0 Å². The minimum atomic E-state index is 0.696. The second-order valence-corrected chi connectivity index (χ2v) is 5.12. The summed E-state index contributed by atoms with van der Waals surface area (Å²) in [6.45, 7) is 1.19. The second kappa shape index (κ2) is 5.42. The topological polar surface area (TPSA) is 38.0 Å². The Kier molecular flexibility index (Phi) is 3.92. The van der Waals surface area contributed by atoms with E-state index in [2.05, 4.69) is 17.4 Å². The van der Waals surface area contributed by atoms with Crippen LogP contribution in [0, 0.1) is 0 Å². The van der Waals surface area contributed by atoms with Crippen molar-refractivity contribution in [1.29, 1.82) is 0 Å². The van der Waals surface area contributed by atoms with Gasteiger partial charge in [0.1, 0.15) is 0 Å². The van der Waals surface area contributed by atoms with Gasteiger partial charge in [-0.25, -0.2) is 0 Å². The van der Waals surface area contributed by atoms with E-state index in [4.69, 9.17) is 5.73 Å². The van der Waals surface area contributed by atoms with Gasteiger partial charge in [0.15, 0.2) is 0 Å². The number of benzene rings is 1. The van der Waals surface area contributed by atoms with E-state index in [1.54, 1.807) is 0 Å². The van der Waals surface area contributed by atoms with E-state index in [1.807, 2.05) is 23.9 Å². The molecule has 3 N–H and O–H groups in total. The van der Waals surface area contributed by atoms with Crippen molar-refractivity contribution < 1.29 is 0 Å². The average Bonchev–Trinajstić information content (AvgIpc) is 2.30. The Bertz CT molecular complexity index is 291. The number of hydrogen-bond acceptors (Lipinski definition) is 3. The third-order valence-corrected chi connectivity index (χ3v) is 3.92. The van der Waals surface area contributed by atoms with Crippen molar-refractivity contribution in [3.05, 3.63) is 24.3 Å². The summed E-state index contributed by atoms with van der Waals surface area (Å²) in [7, 11) is 0. The van der Waals surface area contributed by atoms with E-state index in [1.165, 1.54) is 36.5 Å². The zero-order valence-electron chi connectivity index (χ0n) is 8.91. The van der Waals surface area contributed by atoms with E-state index < -0.39 is 0 Å². The molecule has 0 bridgehead atoms. The maximum absolute atomic E-state index is 5.64. The van der Waals surface area contributed by atoms with Gasteiger partial charge in [0, 0.05) is 22.4 Å². The highest BCUT2D eigenvalue weighted by atomic mass is 32.2. The predicted molar refractivity (Wildman–Crippen MR) is 67.2 cm³/mol. The van der Waals surface area contributed by atoms with Gasteiger partial charge in [0.2, 0.25) is 0 Å². The van der Waals surface area contributed by atoms with Crippen LogP contribution in [0.15, 0.2) is 29.2 Å². The summed E-state index contributed by atoms with van der Waals surface area (Å²) >= 11 is 1.92. The van der Waals surface area contributed by atoms with Gasteiger partial charge in [-0.15, -0.1) is 11.8 Å². The number of rotatable bonds is 3. The lowest BCUT2D eigenvalue weighted by atomic mass is 10.1. The summed E-state index contributed by atoms with van der Waals surface area (Å²) in [5.74, 6) is 1.17. The first-order chi connectivity index (χ1) is 7.34. The monoisotopic (exact) mass is 222 g/mol. The van der Waals surface area contributed by atoms with Crippen LogP contribution in [0.1, 0.15) is 19.3 Å². The van der Waals surface area contributed by atoms with Crippen LogP contribution in [0.4, 0.5) is 5.69 Å². The first-order valence-corrected chi connectivity index (χ1v) is 6.55. The molecule has 1 aromatic rings. The summed E-state index contributed by atoms with van der Waals surface area (Å²) < 4.78 is 0. The van der Waals surface area contributed by atoms with Crippen LogP contribution < -0.4 is 11.1 Å². The Morgan fingerprint density at radius 3 is 2.73 bits per heavy atom. The molecule has 1 aromatic carbocycles. The number of hydrogen-bond donors (Lipinski definition) is 2. The number of anilines is 1. The summed E-state index contributed by atoms with van der Waals surface area (Å²) in [6.07, 6.45) is 4.03. The van der Waals surface area contributed by atoms with Crippen LogP contribution >= 0.6 is 11.8 Å². The Hall–Kier alpha value is -0.670. The fourth-order valence-electron chi connectivity index (χ4n) is 1.83. The molecule has 1 aliphatic rings. The first kappa shape index (κ1) is 10.8. The van der Waals surface area contributed by atoms with Crippen molar-refractivity contribution in [3.8, 4) is 0 Å². The number of piperidine rings is 1. The van der Waals surface area contributed by atoms with Crippen molar-refractivity contribution in [3.63, 3.8) is 0 Å². The Morgan fingerprint density at radius 2 is 2.07 bits per heavy atom. The molecule has 1 fully saturated rings. The van der Waals surface area contributed by atoms with Crippen molar-refractivity contribution in [2.75, 3.05) is 18.0 Å². The van der Waals surface area contributed by atoms with Crippen LogP contribution in [-0.2, 0) is 0 Å². The van der Waals surface area contributed by atoms with Gasteiger partial charge >= 0.3 is 0 Å². The molecule has 0 aliphatic carbocycles. The highest BCUT2D eigenvalue weighted by Crippen LogP contribution is 2.22. The fourth-order valence-corrected chi connectivity index (χ4v) is 2.83. The third kappa shape index (κ3) is 3.43. The van der Waals surface area contributed by atoms with E-state index in [0.29, 0.717) is 6.04 Å². The van der Waals surface area contributed by atoms with Crippen LogP contribution in [-0.4, -0.2) is 18.3 Å². The summed E-state index contributed by atoms with van der Waals surface area (Å²) in [4.78, 5) is 1.32. The van der Waals surface area contributed by atoms with Crippen LogP contribution in [0.5, 0.6) is 0 Å². The molecule has 3 heteroatoms. The summed E-state index contributed by atoms with van der Waals surface area (Å²) in [5.41, 5.74) is 6.49. The smallest absolute Gasteiger partial charge is 0.0314 e. The average molecular weight is 222 g/mol. The largest absolute Gasteiger partial charge is 0.399 e. The minimum Gasteiger partial charge on any atom is -0.399 e. The van der Waals surface area contributed by atoms with E-state index >= 15 is 0 Å². The molecule has 0 aromatic heterocycles. The third-order valence-electron chi connectivity index (χ3n) is 2.74. The van der Waals surface area contributed by atoms with Crippen molar-refractivity contribution >= 4 is 17.4 Å². The highest BCUT2D eigenvalue weighted by Gasteiger charge is 2.12. The minimum absolute atomic E-state index is 0.696. The Balaban J connectivity index is 1.79. The Labute approximate surface area is 95.6 Å². The van der Waals surface area contributed by atoms with Gasteiger partial charge < -0.3 is 11.1 Å². The Morgan fingerprint density at radius 1 is 1.27 bits per heavy atom. The summed E-state index contributed by atoms with van der Waals surface area (Å²) in [6, 6.07) is 8.83. The van der Waals surface area contributed by atoms with Gasteiger partial charge in [-0.1, -0.05) is 6.42 Å². The van der Waals surface area contributed by atoms with Crippen LogP contribution in [0.2, 0.25) is 0 Å². The number of thioether (sulfide) groups is 1. The molecule has 0 spiro atoms. The molecule has 0 radical (unpaired) electrons. The molecule has 0 amide bonds. The molecule has 1 aliphatic heterocycles. The summed E-state index contributed by atoms with van der Waals surface area (Å²) in [5, 5.41) is 3.56. The highest BCUT2D eigenvalue weighted by molar-refractivity contribution is 7.99. The van der Waals surface area contributed by atoms with Crippen LogP contribution in [0.3, 0.4) is 0 Å². The van der Waals surface area contributed by atoms with Crippen LogP contribution in [0.25, 0.3) is 0 Å². The maximum Gasteiger partial charge on any atom is 0.0314 e. The molecule has 1 heterocycles. The zero-order chi connectivity index (χ0) is 10.5. The van der Waals surface area contributed by atoms with Gasteiger partial charge in [-0.05, 0) is 43.7 Å². The zero-order valence-corrected chi connectivity index (χ0v) is 9.72. The van der Waals surface area contributed by atoms with Gasteiger partial charge in [-0.3, -0.25) is 0 Å². The number of nitrogens with one attached hydrogen (secondary N) is 1. The lowest BCUT2D eigenvalue weighted by Crippen LogP contribution is -2.35. The molecule has 1 atom stereocenters. The van der Waals surface area contributed by atoms with E-state index in [-0.39, 0.29) is 0 Å². The molecule has 15 heavy (non-hydrogen) atoms. The normalized spacial score (nSPS) is 21.5. The maximum atomic E-state index is 5.64. The van der Waals surface area contributed by atoms with Crippen molar-refractivity contribution in [2.45, 2.75) is 30.2 Å². The van der Waals surface area contributed by atoms with E-state index in [0.717, 1.165) is 5.69 Å². The SMILES string of the molecule is Nc1ccc(SCC2CCCCN2)cc1. The lowest BCUT2D eigenvalue weighted by molar-refractivity contribution is 0.430. The van der Waals surface area contributed by atoms with Crippen molar-refractivity contribution in [1.82, 2.24) is 5.32 Å². The molecular weight excluding hydrogens is 204 g/mol. The predicted octanol–water partition coefficient (Wildman–Crippen LogP) is 2.50. The molecule has 82 valence electrons. The standard InChI is InChI=1S/C12H18N2S/c13-10-4-6-12(7-5-10)15-9-11-3-1-2-8-14-11/h4-7,11,14H,1-3,8-9,13H2. The molecule has 1 unspecified atom stereocenters. The second-order valence-electron chi connectivity index (χ2n) is 4.03. The first-order valence-electron chi connectivity index (χ1n) is 5.56.